The van der Waals surface area contributed by atoms with Crippen molar-refractivity contribution in [3.05, 3.63) is 0 Å². The Labute approximate surface area is 51.6 Å². The smallest absolute Gasteiger partial charge is 0.229 e. The predicted molar refractivity (Wildman–Crippen MR) is 27.9 cm³/mol. The van der Waals surface area contributed by atoms with E-state index in [2.05, 4.69) is 0 Å². The van der Waals surface area contributed by atoms with Gasteiger partial charge in [-0.25, -0.2) is 21.6 Å². The molecule has 0 aliphatic heterocycles. The van der Waals surface area contributed by atoms with Crippen LogP contribution in [0.4, 0.5) is 13.2 Å². The lowest BCUT2D eigenvalue weighted by atomic mass is 11.7. The van der Waals surface area contributed by atoms with Crippen molar-refractivity contribution in [1.29, 1.82) is 0 Å². The summed E-state index contributed by atoms with van der Waals surface area (Å²) in [5.74, 6) is 0. The number of alkyl halides is 3. The molecule has 0 aliphatic carbocycles. The fourth-order valence-corrected chi connectivity index (χ4v) is 0. The molecule has 0 aromatic carbocycles. The highest BCUT2D eigenvalue weighted by molar-refractivity contribution is 7.90. The van der Waals surface area contributed by atoms with Crippen LogP contribution in [0, 0.1) is 0 Å². The van der Waals surface area contributed by atoms with Crippen LogP contribution >= 0.6 is 0 Å². The number of rotatable bonds is 1. The lowest BCUT2D eigenvalue weighted by Gasteiger charge is -1.78. The highest BCUT2D eigenvalue weighted by Crippen LogP contribution is 1.78. The second-order valence-electron chi connectivity index (χ2n) is 1.14. The summed E-state index contributed by atoms with van der Waals surface area (Å²) in [4.78, 5) is 0. The van der Waals surface area contributed by atoms with Gasteiger partial charge < -0.3 is 0 Å². The van der Waals surface area contributed by atoms with Crippen LogP contribution in [0.3, 0.4) is 0 Å². The number of sulfone groups is 1. The molecule has 0 rings (SSSR count). The number of halogens is 3. The van der Waals surface area contributed by atoms with E-state index in [0.717, 1.165) is 6.26 Å². The molecule has 0 amide bonds. The Morgan fingerprint density at radius 1 is 1.22 bits per heavy atom. The van der Waals surface area contributed by atoms with Gasteiger partial charge in [0.1, 0.15) is 0 Å². The van der Waals surface area contributed by atoms with Crippen LogP contribution in [0.25, 0.3) is 0 Å². The fraction of sp³-hybridized carbons (Fsp3) is 1.00. The molecule has 0 radical (unpaired) electrons. The van der Waals surface area contributed by atoms with Gasteiger partial charge in [0.25, 0.3) is 0 Å². The molecule has 9 heavy (non-hydrogen) atoms. The van der Waals surface area contributed by atoms with Crippen LogP contribution in [-0.4, -0.2) is 27.6 Å². The quantitative estimate of drug-likeness (QED) is 0.575. The van der Waals surface area contributed by atoms with Crippen molar-refractivity contribution in [2.45, 2.75) is 0 Å². The minimum Gasteiger partial charge on any atom is -0.234 e. The van der Waals surface area contributed by atoms with Gasteiger partial charge in [-0.15, -0.1) is 0 Å². The zero-order valence-electron chi connectivity index (χ0n) is 4.77. The standard InChI is InChI=1S/C2H5FO2S.CH2F2/c1-6(4,5)2-3;2-1-3/h2H2,1H3;1H2. The maximum atomic E-state index is 10.9. The third kappa shape index (κ3) is 34.0. The Morgan fingerprint density at radius 2 is 1.33 bits per heavy atom. The van der Waals surface area contributed by atoms with Crippen molar-refractivity contribution in [1.82, 2.24) is 0 Å². The van der Waals surface area contributed by atoms with Gasteiger partial charge in [0, 0.05) is 6.26 Å². The van der Waals surface area contributed by atoms with Crippen molar-refractivity contribution in [3.63, 3.8) is 0 Å². The zero-order valence-corrected chi connectivity index (χ0v) is 5.59. The van der Waals surface area contributed by atoms with E-state index < -0.39 is 22.8 Å². The topological polar surface area (TPSA) is 34.1 Å². The molecule has 0 aromatic heterocycles. The molecule has 0 atom stereocenters. The molecule has 0 aliphatic rings. The minimum absolute atomic E-state index is 0.840. The molecule has 0 heterocycles. The van der Waals surface area contributed by atoms with E-state index in [0.29, 0.717) is 0 Å². The lowest BCUT2D eigenvalue weighted by molar-refractivity contribution is 0.295. The van der Waals surface area contributed by atoms with Crippen LogP contribution in [0.5, 0.6) is 0 Å². The van der Waals surface area contributed by atoms with Gasteiger partial charge in [-0.1, -0.05) is 0 Å². The molecule has 0 saturated carbocycles. The van der Waals surface area contributed by atoms with Crippen molar-refractivity contribution in [3.8, 4) is 0 Å². The summed E-state index contributed by atoms with van der Waals surface area (Å²) < 4.78 is 49.4. The summed E-state index contributed by atoms with van der Waals surface area (Å²) in [5, 5.41) is 0. The van der Waals surface area contributed by atoms with Gasteiger partial charge in [-0.2, -0.15) is 0 Å². The largest absolute Gasteiger partial charge is 0.234 e. The third-order valence-corrected chi connectivity index (χ3v) is 0.595. The molecule has 0 fully saturated rings. The van der Waals surface area contributed by atoms with E-state index in [1.165, 1.54) is 0 Å². The highest BCUT2D eigenvalue weighted by atomic mass is 32.2. The zero-order chi connectivity index (χ0) is 7.91. The average Bonchev–Trinajstić information content (AvgIpc) is 1.67. The Bertz CT molecular complexity index is 130. The van der Waals surface area contributed by atoms with E-state index >= 15 is 0 Å². The van der Waals surface area contributed by atoms with Crippen molar-refractivity contribution in [2.24, 2.45) is 0 Å². The Kier molecular flexibility index (Phi) is 7.52. The molecule has 0 spiro atoms. The van der Waals surface area contributed by atoms with E-state index in [4.69, 9.17) is 0 Å². The second-order valence-corrected chi connectivity index (χ2v) is 3.21. The van der Waals surface area contributed by atoms with Gasteiger partial charge in [-0.3, -0.25) is 0 Å². The first kappa shape index (κ1) is 11.5. The molecule has 0 aromatic rings. The van der Waals surface area contributed by atoms with Crippen LogP contribution in [0.15, 0.2) is 0 Å². The summed E-state index contributed by atoms with van der Waals surface area (Å²) in [6, 6.07) is -1.26. The molecule has 0 N–H and O–H groups in total. The first-order valence-electron chi connectivity index (χ1n) is 1.83. The van der Waals surface area contributed by atoms with E-state index in [9.17, 15) is 21.6 Å². The van der Waals surface area contributed by atoms with Gasteiger partial charge in [0.2, 0.25) is 6.93 Å². The van der Waals surface area contributed by atoms with Crippen LogP contribution in [0.2, 0.25) is 0 Å². The predicted octanol–water partition coefficient (Wildman–Crippen LogP) is 0.841. The summed E-state index contributed by atoms with van der Waals surface area (Å²) >= 11 is 0. The number of hydrogen-bond donors (Lipinski definition) is 0. The molecule has 58 valence electrons. The summed E-state index contributed by atoms with van der Waals surface area (Å²) in [5.41, 5.74) is 0. The van der Waals surface area contributed by atoms with Crippen molar-refractivity contribution in [2.75, 3.05) is 19.2 Å². The van der Waals surface area contributed by atoms with Gasteiger partial charge >= 0.3 is 0 Å². The average molecular weight is 164 g/mol. The third-order valence-electron chi connectivity index (χ3n) is 0.198. The van der Waals surface area contributed by atoms with Gasteiger partial charge in [0.15, 0.2) is 15.8 Å². The fourth-order valence-electron chi connectivity index (χ4n) is 0. The Balaban J connectivity index is 0. The van der Waals surface area contributed by atoms with Gasteiger partial charge in [-0.05, 0) is 0 Å². The van der Waals surface area contributed by atoms with E-state index in [1.54, 1.807) is 0 Å². The van der Waals surface area contributed by atoms with Gasteiger partial charge in [0.05, 0.1) is 0 Å². The summed E-state index contributed by atoms with van der Waals surface area (Å²) in [7, 11) is -3.33. The number of hydrogen-bond acceptors (Lipinski definition) is 2. The molecule has 0 unspecified atom stereocenters. The normalized spacial score (nSPS) is 9.78. The van der Waals surface area contributed by atoms with E-state index in [-0.39, 0.29) is 0 Å². The van der Waals surface area contributed by atoms with E-state index in [1.807, 2.05) is 0 Å². The molecular formula is C3H7F3O2S. The van der Waals surface area contributed by atoms with Crippen LogP contribution < -0.4 is 0 Å². The molecule has 6 heteroatoms. The van der Waals surface area contributed by atoms with Crippen LogP contribution in [0.1, 0.15) is 0 Å². The highest BCUT2D eigenvalue weighted by Gasteiger charge is 1.94. The molecule has 0 bridgehead atoms. The first-order valence-corrected chi connectivity index (χ1v) is 3.89. The Hall–Kier alpha value is -0.260. The minimum atomic E-state index is -3.33. The molecule has 0 saturated heterocycles. The van der Waals surface area contributed by atoms with Crippen molar-refractivity contribution >= 4 is 9.84 Å². The van der Waals surface area contributed by atoms with Crippen LogP contribution in [-0.2, 0) is 9.84 Å². The van der Waals surface area contributed by atoms with Crippen molar-refractivity contribution < 1.29 is 21.6 Å². The summed E-state index contributed by atoms with van der Waals surface area (Å²) in [6.45, 7) is -1.75. The Morgan fingerprint density at radius 3 is 1.33 bits per heavy atom. The lowest BCUT2D eigenvalue weighted by Crippen LogP contribution is -1.95. The maximum Gasteiger partial charge on any atom is 0.229 e. The molecule has 2 nitrogen and oxygen atoms in total. The second kappa shape index (κ2) is 5.87. The first-order chi connectivity index (χ1) is 3.97. The molecular weight excluding hydrogens is 157 g/mol. The monoisotopic (exact) mass is 164 g/mol. The summed E-state index contributed by atoms with van der Waals surface area (Å²) in [6.07, 6.45) is 0.840. The maximum absolute atomic E-state index is 10.9. The SMILES string of the molecule is CS(=O)(=O)CF.FCF.